The predicted octanol–water partition coefficient (Wildman–Crippen LogP) is 3.51. The molecule has 0 fully saturated rings. The monoisotopic (exact) mass is 343 g/mol. The van der Waals surface area contributed by atoms with Gasteiger partial charge in [-0.2, -0.15) is 0 Å². The van der Waals surface area contributed by atoms with E-state index in [0.29, 0.717) is 6.54 Å². The van der Waals surface area contributed by atoms with Crippen molar-refractivity contribution >= 4 is 17.4 Å². The zero-order chi connectivity index (χ0) is 16.9. The zero-order valence-corrected chi connectivity index (χ0v) is 15.2. The number of amides is 2. The minimum Gasteiger partial charge on any atom is -0.337 e. The molecule has 1 unspecified atom stereocenters. The molecule has 1 atom stereocenters. The van der Waals surface area contributed by atoms with Crippen LogP contribution in [0.3, 0.4) is 0 Å². The van der Waals surface area contributed by atoms with Gasteiger partial charge in [0.05, 0.1) is 6.04 Å². The van der Waals surface area contributed by atoms with Crippen LogP contribution in [0.15, 0.2) is 41.8 Å². The normalized spacial score (nSPS) is 15.6. The highest BCUT2D eigenvalue weighted by Crippen LogP contribution is 2.23. The molecule has 2 aromatic rings. The molecule has 0 saturated carbocycles. The molecular formula is C19H25N3OS. The number of carbonyl (C=O) groups excluding carboxylic acids is 1. The second-order valence-corrected chi connectivity index (χ2v) is 7.31. The number of benzene rings is 1. The van der Waals surface area contributed by atoms with Gasteiger partial charge in [-0.05, 0) is 35.9 Å². The molecule has 1 N–H and O–H groups in total. The maximum absolute atomic E-state index is 12.3. The third-order valence-electron chi connectivity index (χ3n) is 4.77. The minimum atomic E-state index is -0.00619. The molecule has 24 heavy (non-hydrogen) atoms. The molecule has 0 radical (unpaired) electrons. The van der Waals surface area contributed by atoms with Gasteiger partial charge in [0.2, 0.25) is 0 Å². The van der Waals surface area contributed by atoms with Crippen molar-refractivity contribution in [1.82, 2.24) is 15.1 Å². The Labute approximate surface area is 148 Å². The Morgan fingerprint density at radius 2 is 2.08 bits per heavy atom. The molecule has 2 amide bonds. The Morgan fingerprint density at radius 1 is 1.29 bits per heavy atom. The van der Waals surface area contributed by atoms with Crippen molar-refractivity contribution in [3.05, 3.63) is 57.8 Å². The first kappa shape index (κ1) is 17.0. The van der Waals surface area contributed by atoms with Crippen LogP contribution in [0.25, 0.3) is 0 Å². The highest BCUT2D eigenvalue weighted by Gasteiger charge is 2.19. The number of nitrogens with one attached hydrogen (secondary N) is 1. The molecular weight excluding hydrogens is 318 g/mol. The fourth-order valence-corrected chi connectivity index (χ4v) is 3.91. The van der Waals surface area contributed by atoms with Crippen molar-refractivity contribution in [3.8, 4) is 0 Å². The third kappa shape index (κ3) is 3.97. The van der Waals surface area contributed by atoms with E-state index in [9.17, 15) is 4.79 Å². The van der Waals surface area contributed by atoms with Gasteiger partial charge in [0.1, 0.15) is 0 Å². The highest BCUT2D eigenvalue weighted by atomic mass is 32.1. The highest BCUT2D eigenvalue weighted by molar-refractivity contribution is 7.10. The summed E-state index contributed by atoms with van der Waals surface area (Å²) in [5, 5.41) is 5.09. The summed E-state index contributed by atoms with van der Waals surface area (Å²) in [4.78, 5) is 17.7. The van der Waals surface area contributed by atoms with Crippen molar-refractivity contribution < 1.29 is 4.79 Å². The minimum absolute atomic E-state index is 0.00619. The van der Waals surface area contributed by atoms with E-state index in [4.69, 9.17) is 0 Å². The number of fused-ring (bicyclic) bond motifs is 1. The van der Waals surface area contributed by atoms with Crippen LogP contribution in [0.4, 0.5) is 4.79 Å². The first-order valence-corrected chi connectivity index (χ1v) is 9.36. The summed E-state index contributed by atoms with van der Waals surface area (Å²) in [5.41, 5.74) is 2.88. The maximum Gasteiger partial charge on any atom is 0.317 e. The molecule has 1 aliphatic heterocycles. The Kier molecular flexibility index (Phi) is 5.53. The van der Waals surface area contributed by atoms with Crippen molar-refractivity contribution in [2.75, 3.05) is 26.7 Å². The van der Waals surface area contributed by atoms with Gasteiger partial charge in [0.15, 0.2) is 0 Å². The summed E-state index contributed by atoms with van der Waals surface area (Å²) < 4.78 is 0. The molecule has 128 valence electrons. The van der Waals surface area contributed by atoms with Gasteiger partial charge < -0.3 is 10.2 Å². The van der Waals surface area contributed by atoms with E-state index in [1.165, 1.54) is 16.0 Å². The van der Waals surface area contributed by atoms with Gasteiger partial charge >= 0.3 is 6.03 Å². The van der Waals surface area contributed by atoms with Crippen LogP contribution < -0.4 is 5.32 Å². The van der Waals surface area contributed by atoms with E-state index in [0.717, 1.165) is 26.1 Å². The van der Waals surface area contributed by atoms with Crippen molar-refractivity contribution in [2.45, 2.75) is 25.9 Å². The Balaban J connectivity index is 1.44. The molecule has 2 heterocycles. The average Bonchev–Trinajstić information content (AvgIpc) is 3.15. The molecule has 0 saturated heterocycles. The summed E-state index contributed by atoms with van der Waals surface area (Å²) in [6.45, 7) is 5.68. The summed E-state index contributed by atoms with van der Waals surface area (Å²) in [6, 6.07) is 12.8. The molecule has 3 rings (SSSR count). The Bertz CT molecular complexity index is 671. The molecule has 4 nitrogen and oxygen atoms in total. The van der Waals surface area contributed by atoms with E-state index in [1.54, 1.807) is 16.2 Å². The molecule has 0 bridgehead atoms. The number of urea groups is 1. The molecule has 1 aromatic carbocycles. The van der Waals surface area contributed by atoms with E-state index >= 15 is 0 Å². The molecule has 0 aliphatic carbocycles. The average molecular weight is 343 g/mol. The first-order valence-electron chi connectivity index (χ1n) is 8.48. The lowest BCUT2D eigenvalue weighted by atomic mass is 10.00. The number of nitrogens with zero attached hydrogens (tertiary/aromatic N) is 2. The van der Waals surface area contributed by atoms with E-state index < -0.39 is 0 Å². The Hall–Kier alpha value is -1.85. The quantitative estimate of drug-likeness (QED) is 0.902. The largest absolute Gasteiger partial charge is 0.337 e. The van der Waals surface area contributed by atoms with Crippen LogP contribution >= 0.6 is 11.3 Å². The summed E-state index contributed by atoms with van der Waals surface area (Å²) >= 11 is 1.69. The standard InChI is InChI=1S/C19H25N3OS/c1-15(18-8-5-13-24-18)21(2)19(23)20-10-12-22-11-9-16-6-3-4-7-17(16)14-22/h3-8,13,15H,9-12,14H2,1-2H3,(H,20,23). The number of hydrogen-bond donors (Lipinski definition) is 1. The van der Waals surface area contributed by atoms with Gasteiger partial charge in [-0.1, -0.05) is 30.3 Å². The third-order valence-corrected chi connectivity index (χ3v) is 5.81. The number of hydrogen-bond acceptors (Lipinski definition) is 3. The van der Waals surface area contributed by atoms with Crippen LogP contribution in [0, 0.1) is 0 Å². The maximum atomic E-state index is 12.3. The van der Waals surface area contributed by atoms with Gasteiger partial charge in [0, 0.05) is 38.1 Å². The molecule has 1 aromatic heterocycles. The second kappa shape index (κ2) is 7.81. The van der Waals surface area contributed by atoms with Crippen LogP contribution in [0.2, 0.25) is 0 Å². The van der Waals surface area contributed by atoms with E-state index in [1.807, 2.05) is 18.5 Å². The van der Waals surface area contributed by atoms with Crippen LogP contribution in [0.5, 0.6) is 0 Å². The van der Waals surface area contributed by atoms with Crippen LogP contribution in [-0.4, -0.2) is 42.5 Å². The number of rotatable bonds is 5. The SMILES string of the molecule is CC(c1cccs1)N(C)C(=O)NCCN1CCc2ccccc2C1. The van der Waals surface area contributed by atoms with Gasteiger partial charge in [-0.25, -0.2) is 4.79 Å². The number of thiophene rings is 1. The van der Waals surface area contributed by atoms with Crippen molar-refractivity contribution in [1.29, 1.82) is 0 Å². The summed E-state index contributed by atoms with van der Waals surface area (Å²) in [6.07, 6.45) is 1.10. The lowest BCUT2D eigenvalue weighted by Gasteiger charge is -2.29. The van der Waals surface area contributed by atoms with Crippen LogP contribution in [0.1, 0.15) is 29.0 Å². The van der Waals surface area contributed by atoms with Crippen molar-refractivity contribution in [3.63, 3.8) is 0 Å². The first-order chi connectivity index (χ1) is 11.6. The summed E-state index contributed by atoms with van der Waals surface area (Å²) in [5.74, 6) is 0. The predicted molar refractivity (Wildman–Crippen MR) is 99.3 cm³/mol. The molecule has 0 spiro atoms. The molecule has 1 aliphatic rings. The molecule has 5 heteroatoms. The number of carbonyl (C=O) groups is 1. The van der Waals surface area contributed by atoms with Crippen LogP contribution in [-0.2, 0) is 13.0 Å². The van der Waals surface area contributed by atoms with Gasteiger partial charge in [-0.15, -0.1) is 11.3 Å². The van der Waals surface area contributed by atoms with Gasteiger partial charge in [-0.3, -0.25) is 4.90 Å². The fraction of sp³-hybridized carbons (Fsp3) is 0.421. The summed E-state index contributed by atoms with van der Waals surface area (Å²) in [7, 11) is 1.86. The lowest BCUT2D eigenvalue weighted by Crippen LogP contribution is -2.43. The smallest absolute Gasteiger partial charge is 0.317 e. The fourth-order valence-electron chi connectivity index (χ4n) is 3.09. The second-order valence-electron chi connectivity index (χ2n) is 6.33. The van der Waals surface area contributed by atoms with Gasteiger partial charge in [0.25, 0.3) is 0 Å². The van der Waals surface area contributed by atoms with E-state index in [2.05, 4.69) is 47.5 Å². The van der Waals surface area contributed by atoms with Crippen molar-refractivity contribution in [2.24, 2.45) is 0 Å². The Morgan fingerprint density at radius 3 is 2.83 bits per heavy atom. The zero-order valence-electron chi connectivity index (χ0n) is 14.4. The topological polar surface area (TPSA) is 35.6 Å². The lowest BCUT2D eigenvalue weighted by molar-refractivity contribution is 0.191. The van der Waals surface area contributed by atoms with E-state index in [-0.39, 0.29) is 12.1 Å².